The third-order valence-corrected chi connectivity index (χ3v) is 5.16. The molecule has 2 rings (SSSR count). The van der Waals surface area contributed by atoms with Crippen LogP contribution < -0.4 is 5.32 Å². The monoisotopic (exact) mass is 238 g/mol. The van der Waals surface area contributed by atoms with Gasteiger partial charge in [0.25, 0.3) is 0 Å². The van der Waals surface area contributed by atoms with Crippen molar-refractivity contribution in [2.75, 3.05) is 13.6 Å². The fraction of sp³-hybridized carbons (Fsp3) is 1.00. The van der Waals surface area contributed by atoms with Crippen LogP contribution in [0.2, 0.25) is 0 Å². The summed E-state index contributed by atoms with van der Waals surface area (Å²) in [5.41, 5.74) is 0.462. The van der Waals surface area contributed by atoms with Gasteiger partial charge in [-0.25, -0.2) is 0 Å². The topological polar surface area (TPSA) is 15.3 Å². The maximum absolute atomic E-state index is 3.60. The zero-order valence-corrected chi connectivity index (χ0v) is 12.3. The van der Waals surface area contributed by atoms with Crippen molar-refractivity contribution >= 4 is 0 Å². The van der Waals surface area contributed by atoms with Crippen molar-refractivity contribution in [3.05, 3.63) is 0 Å². The summed E-state index contributed by atoms with van der Waals surface area (Å²) in [4.78, 5) is 2.82. The number of nitrogens with zero attached hydrogens (tertiary/aromatic N) is 1. The summed E-state index contributed by atoms with van der Waals surface area (Å²) < 4.78 is 0. The van der Waals surface area contributed by atoms with Gasteiger partial charge in [0.15, 0.2) is 0 Å². The van der Waals surface area contributed by atoms with Crippen LogP contribution in [-0.2, 0) is 0 Å². The molecule has 17 heavy (non-hydrogen) atoms. The van der Waals surface area contributed by atoms with Crippen molar-refractivity contribution in [1.29, 1.82) is 0 Å². The van der Waals surface area contributed by atoms with Crippen molar-refractivity contribution in [2.45, 2.75) is 71.5 Å². The highest BCUT2D eigenvalue weighted by molar-refractivity contribution is 5.03. The first kappa shape index (κ1) is 13.4. The molecule has 2 heteroatoms. The normalized spacial score (nSPS) is 38.1. The van der Waals surface area contributed by atoms with Crippen molar-refractivity contribution in [1.82, 2.24) is 10.2 Å². The maximum atomic E-state index is 3.60. The number of likely N-dealkylation sites (N-methyl/N-ethyl adjacent to an activating group) is 1. The molecule has 1 saturated heterocycles. The third-order valence-electron chi connectivity index (χ3n) is 5.16. The van der Waals surface area contributed by atoms with E-state index in [1.54, 1.807) is 0 Å². The molecule has 0 aromatic rings. The minimum Gasteiger partial charge on any atom is -0.315 e. The minimum atomic E-state index is 0.462. The molecule has 100 valence electrons. The minimum absolute atomic E-state index is 0.462. The van der Waals surface area contributed by atoms with Crippen molar-refractivity contribution in [2.24, 2.45) is 11.3 Å². The second-order valence-electron chi connectivity index (χ2n) is 7.05. The van der Waals surface area contributed by atoms with E-state index in [0.717, 1.165) is 18.0 Å². The second-order valence-corrected chi connectivity index (χ2v) is 7.05. The lowest BCUT2D eigenvalue weighted by Gasteiger charge is -2.39. The van der Waals surface area contributed by atoms with E-state index in [1.165, 1.54) is 32.2 Å². The van der Waals surface area contributed by atoms with Crippen LogP contribution in [0.4, 0.5) is 0 Å². The van der Waals surface area contributed by atoms with Gasteiger partial charge in [-0.3, -0.25) is 4.90 Å². The summed E-state index contributed by atoms with van der Waals surface area (Å²) in [7, 11) is 2.14. The Morgan fingerprint density at radius 2 is 1.94 bits per heavy atom. The van der Waals surface area contributed by atoms with Crippen LogP contribution in [0, 0.1) is 11.3 Å². The van der Waals surface area contributed by atoms with E-state index < -0.39 is 0 Å². The molecule has 0 aromatic heterocycles. The Morgan fingerprint density at radius 3 is 2.53 bits per heavy atom. The van der Waals surface area contributed by atoms with Gasteiger partial charge in [0, 0.05) is 18.1 Å². The van der Waals surface area contributed by atoms with E-state index >= 15 is 0 Å². The lowest BCUT2D eigenvalue weighted by molar-refractivity contribution is 0.113. The molecule has 3 atom stereocenters. The summed E-state index contributed by atoms with van der Waals surface area (Å²) in [6, 6.07) is 2.26. The number of likely N-dealkylation sites (tertiary alicyclic amines) is 1. The van der Waals surface area contributed by atoms with E-state index in [0.29, 0.717) is 11.5 Å². The molecular formula is C15H30N2. The van der Waals surface area contributed by atoms with Crippen LogP contribution in [0.3, 0.4) is 0 Å². The first-order valence-corrected chi connectivity index (χ1v) is 7.40. The average molecular weight is 238 g/mol. The fourth-order valence-electron chi connectivity index (χ4n) is 4.25. The van der Waals surface area contributed by atoms with E-state index in [2.05, 4.69) is 45.0 Å². The molecule has 0 spiro atoms. The molecule has 1 N–H and O–H groups in total. The van der Waals surface area contributed by atoms with Crippen molar-refractivity contribution < 1.29 is 0 Å². The standard InChI is InChI=1S/C15H30N2/c1-11(2)12-7-6-10-17(12)13-8-9-15(3,4)14(13)16-5/h11-14,16H,6-10H2,1-5H3. The lowest BCUT2D eigenvalue weighted by atomic mass is 9.86. The van der Waals surface area contributed by atoms with E-state index in [-0.39, 0.29) is 0 Å². The first-order chi connectivity index (χ1) is 7.97. The Labute approximate surface area is 107 Å². The molecule has 0 bridgehead atoms. The Kier molecular flexibility index (Phi) is 3.84. The molecule has 1 heterocycles. The summed E-state index contributed by atoms with van der Waals surface area (Å²) >= 11 is 0. The predicted octanol–water partition coefficient (Wildman–Crippen LogP) is 2.88. The van der Waals surface area contributed by atoms with Crippen LogP contribution in [-0.4, -0.2) is 36.6 Å². The summed E-state index contributed by atoms with van der Waals surface area (Å²) in [6.45, 7) is 10.9. The molecule has 0 aromatic carbocycles. The highest BCUT2D eigenvalue weighted by atomic mass is 15.2. The molecule has 1 aliphatic carbocycles. The number of hydrogen-bond acceptors (Lipinski definition) is 2. The molecular weight excluding hydrogens is 208 g/mol. The number of hydrogen-bond donors (Lipinski definition) is 1. The van der Waals surface area contributed by atoms with Crippen LogP contribution in [0.5, 0.6) is 0 Å². The van der Waals surface area contributed by atoms with Crippen LogP contribution in [0.1, 0.15) is 53.4 Å². The highest BCUT2D eigenvalue weighted by Gasteiger charge is 2.46. The molecule has 0 radical (unpaired) electrons. The van der Waals surface area contributed by atoms with Crippen LogP contribution in [0.15, 0.2) is 0 Å². The predicted molar refractivity (Wildman–Crippen MR) is 74.2 cm³/mol. The molecule has 3 unspecified atom stereocenters. The van der Waals surface area contributed by atoms with Gasteiger partial charge in [0.1, 0.15) is 0 Å². The molecule has 2 nitrogen and oxygen atoms in total. The molecule has 2 fully saturated rings. The van der Waals surface area contributed by atoms with Crippen LogP contribution in [0.25, 0.3) is 0 Å². The fourth-order valence-corrected chi connectivity index (χ4v) is 4.25. The van der Waals surface area contributed by atoms with Gasteiger partial charge in [-0.2, -0.15) is 0 Å². The summed E-state index contributed by atoms with van der Waals surface area (Å²) in [5, 5.41) is 3.60. The van der Waals surface area contributed by atoms with Gasteiger partial charge in [-0.05, 0) is 50.6 Å². The van der Waals surface area contributed by atoms with Gasteiger partial charge in [0.2, 0.25) is 0 Å². The Balaban J connectivity index is 2.12. The molecule has 2 aliphatic rings. The Bertz CT molecular complexity index is 260. The third kappa shape index (κ3) is 2.39. The summed E-state index contributed by atoms with van der Waals surface area (Å²) in [5.74, 6) is 0.804. The zero-order valence-electron chi connectivity index (χ0n) is 12.3. The lowest BCUT2D eigenvalue weighted by Crippen LogP contribution is -2.52. The van der Waals surface area contributed by atoms with Crippen molar-refractivity contribution in [3.63, 3.8) is 0 Å². The quantitative estimate of drug-likeness (QED) is 0.813. The smallest absolute Gasteiger partial charge is 0.0271 e. The summed E-state index contributed by atoms with van der Waals surface area (Å²) in [6.07, 6.45) is 5.55. The average Bonchev–Trinajstić information content (AvgIpc) is 2.81. The largest absolute Gasteiger partial charge is 0.315 e. The second kappa shape index (κ2) is 4.89. The van der Waals surface area contributed by atoms with Gasteiger partial charge >= 0.3 is 0 Å². The number of nitrogens with one attached hydrogen (secondary N) is 1. The SMILES string of the molecule is CNC1C(N2CCCC2C(C)C)CCC1(C)C. The first-order valence-electron chi connectivity index (χ1n) is 7.40. The van der Waals surface area contributed by atoms with Gasteiger partial charge in [0.05, 0.1) is 0 Å². The Hall–Kier alpha value is -0.0800. The van der Waals surface area contributed by atoms with Gasteiger partial charge < -0.3 is 5.32 Å². The molecule has 1 aliphatic heterocycles. The molecule has 1 saturated carbocycles. The van der Waals surface area contributed by atoms with Crippen molar-refractivity contribution in [3.8, 4) is 0 Å². The highest BCUT2D eigenvalue weighted by Crippen LogP contribution is 2.42. The van der Waals surface area contributed by atoms with Crippen LogP contribution >= 0.6 is 0 Å². The number of rotatable bonds is 3. The Morgan fingerprint density at radius 1 is 1.24 bits per heavy atom. The van der Waals surface area contributed by atoms with E-state index in [4.69, 9.17) is 0 Å². The van der Waals surface area contributed by atoms with E-state index in [1.807, 2.05) is 0 Å². The maximum Gasteiger partial charge on any atom is 0.0271 e. The zero-order chi connectivity index (χ0) is 12.6. The van der Waals surface area contributed by atoms with Gasteiger partial charge in [-0.1, -0.05) is 27.7 Å². The molecule has 0 amide bonds. The van der Waals surface area contributed by atoms with E-state index in [9.17, 15) is 0 Å². The van der Waals surface area contributed by atoms with Gasteiger partial charge in [-0.15, -0.1) is 0 Å².